The standard InChI is InChI=1S/C23H22N4O4S/c1-16(26(32)23(29)25-19-13-8-14-20(15-19)27(30)31)24-22(28)21(17-9-4-2-5-10-17)18-11-6-3-7-12-18/h2-16,21,32H,1H3,(H,24,28)(H,25,29). The van der Waals surface area contributed by atoms with E-state index in [9.17, 15) is 19.7 Å². The Kier molecular flexibility index (Phi) is 7.45. The van der Waals surface area contributed by atoms with Crippen molar-refractivity contribution in [1.29, 1.82) is 0 Å². The first-order chi connectivity index (χ1) is 15.4. The van der Waals surface area contributed by atoms with Crippen LogP contribution in [0.15, 0.2) is 84.9 Å². The summed E-state index contributed by atoms with van der Waals surface area (Å²) in [7, 11) is 0. The van der Waals surface area contributed by atoms with E-state index in [1.807, 2.05) is 60.7 Å². The Bertz CT molecular complexity index is 1060. The second kappa shape index (κ2) is 10.5. The topological polar surface area (TPSA) is 105 Å². The van der Waals surface area contributed by atoms with Crippen LogP contribution in [0.25, 0.3) is 0 Å². The molecular formula is C23H22N4O4S. The lowest BCUT2D eigenvalue weighted by atomic mass is 9.90. The van der Waals surface area contributed by atoms with Crippen LogP contribution in [-0.4, -0.2) is 27.3 Å². The minimum absolute atomic E-state index is 0.150. The number of non-ortho nitro benzene ring substituents is 1. The fourth-order valence-corrected chi connectivity index (χ4v) is 3.30. The van der Waals surface area contributed by atoms with Crippen molar-refractivity contribution >= 4 is 36.1 Å². The predicted molar refractivity (Wildman–Crippen MR) is 125 cm³/mol. The van der Waals surface area contributed by atoms with Crippen LogP contribution in [0.5, 0.6) is 0 Å². The zero-order chi connectivity index (χ0) is 23.1. The van der Waals surface area contributed by atoms with Crippen molar-refractivity contribution in [2.75, 3.05) is 5.32 Å². The van der Waals surface area contributed by atoms with Gasteiger partial charge in [0, 0.05) is 17.8 Å². The van der Waals surface area contributed by atoms with E-state index in [0.29, 0.717) is 0 Å². The molecule has 9 heteroatoms. The lowest BCUT2D eigenvalue weighted by Crippen LogP contribution is -2.47. The molecule has 2 N–H and O–H groups in total. The number of urea groups is 1. The van der Waals surface area contributed by atoms with Gasteiger partial charge in [-0.05, 0) is 24.1 Å². The number of nitrogens with zero attached hydrogens (tertiary/aromatic N) is 2. The maximum absolute atomic E-state index is 13.2. The fourth-order valence-electron chi connectivity index (χ4n) is 3.19. The molecule has 0 radical (unpaired) electrons. The normalized spacial score (nSPS) is 11.5. The van der Waals surface area contributed by atoms with Gasteiger partial charge in [-0.3, -0.25) is 14.9 Å². The third-order valence-electron chi connectivity index (χ3n) is 4.76. The molecule has 0 saturated carbocycles. The van der Waals surface area contributed by atoms with Gasteiger partial charge >= 0.3 is 6.03 Å². The maximum Gasteiger partial charge on any atom is 0.333 e. The fraction of sp³-hybridized carbons (Fsp3) is 0.130. The van der Waals surface area contributed by atoms with Gasteiger partial charge in [-0.25, -0.2) is 9.10 Å². The Morgan fingerprint density at radius 2 is 1.50 bits per heavy atom. The molecular weight excluding hydrogens is 428 g/mol. The number of carbonyl (C=O) groups excluding carboxylic acids is 2. The molecule has 32 heavy (non-hydrogen) atoms. The molecule has 164 valence electrons. The van der Waals surface area contributed by atoms with E-state index in [4.69, 9.17) is 0 Å². The third-order valence-corrected chi connectivity index (χ3v) is 5.29. The van der Waals surface area contributed by atoms with Gasteiger partial charge in [0.2, 0.25) is 5.91 Å². The van der Waals surface area contributed by atoms with E-state index in [1.165, 1.54) is 24.3 Å². The van der Waals surface area contributed by atoms with Gasteiger partial charge in [0.1, 0.15) is 6.17 Å². The molecule has 3 aromatic carbocycles. The van der Waals surface area contributed by atoms with Gasteiger partial charge in [-0.1, -0.05) is 79.5 Å². The lowest BCUT2D eigenvalue weighted by Gasteiger charge is -2.27. The van der Waals surface area contributed by atoms with Crippen LogP contribution in [-0.2, 0) is 4.79 Å². The van der Waals surface area contributed by atoms with E-state index in [1.54, 1.807) is 6.92 Å². The molecule has 3 aromatic rings. The first-order valence-corrected chi connectivity index (χ1v) is 10.2. The number of thiol groups is 1. The van der Waals surface area contributed by atoms with Crippen molar-refractivity contribution in [1.82, 2.24) is 9.62 Å². The average Bonchev–Trinajstić information content (AvgIpc) is 2.80. The van der Waals surface area contributed by atoms with Crippen LogP contribution in [0, 0.1) is 10.1 Å². The molecule has 0 bridgehead atoms. The summed E-state index contributed by atoms with van der Waals surface area (Å²) in [4.78, 5) is 36.1. The molecule has 0 aliphatic rings. The molecule has 0 fully saturated rings. The second-order valence-electron chi connectivity index (χ2n) is 7.02. The van der Waals surface area contributed by atoms with E-state index in [2.05, 4.69) is 23.4 Å². The smallest absolute Gasteiger partial charge is 0.333 e. The van der Waals surface area contributed by atoms with E-state index < -0.39 is 23.0 Å². The largest absolute Gasteiger partial charge is 0.334 e. The van der Waals surface area contributed by atoms with Crippen LogP contribution in [0.2, 0.25) is 0 Å². The molecule has 3 rings (SSSR count). The number of carbonyl (C=O) groups is 2. The molecule has 1 unspecified atom stereocenters. The van der Waals surface area contributed by atoms with Gasteiger partial charge in [-0.2, -0.15) is 0 Å². The number of benzene rings is 3. The maximum atomic E-state index is 13.2. The molecule has 0 aromatic heterocycles. The summed E-state index contributed by atoms with van der Waals surface area (Å²) in [5.74, 6) is -0.862. The number of nitrogens with one attached hydrogen (secondary N) is 2. The number of hydrogen-bond acceptors (Lipinski definition) is 5. The van der Waals surface area contributed by atoms with Crippen LogP contribution < -0.4 is 10.6 Å². The lowest BCUT2D eigenvalue weighted by molar-refractivity contribution is -0.384. The highest BCUT2D eigenvalue weighted by Crippen LogP contribution is 2.25. The van der Waals surface area contributed by atoms with Crippen LogP contribution >= 0.6 is 12.8 Å². The third kappa shape index (κ3) is 5.64. The number of anilines is 1. The Morgan fingerprint density at radius 3 is 2.03 bits per heavy atom. The van der Waals surface area contributed by atoms with Crippen LogP contribution in [0.4, 0.5) is 16.2 Å². The molecule has 0 saturated heterocycles. The first kappa shape index (κ1) is 22.8. The van der Waals surface area contributed by atoms with Crippen LogP contribution in [0.3, 0.4) is 0 Å². The highest BCUT2D eigenvalue weighted by atomic mass is 32.1. The average molecular weight is 451 g/mol. The summed E-state index contributed by atoms with van der Waals surface area (Å²) < 4.78 is 1.02. The second-order valence-corrected chi connectivity index (χ2v) is 7.45. The summed E-state index contributed by atoms with van der Waals surface area (Å²) in [5, 5.41) is 16.3. The minimum Gasteiger partial charge on any atom is -0.334 e. The summed E-state index contributed by atoms with van der Waals surface area (Å²) in [6.45, 7) is 1.62. The zero-order valence-corrected chi connectivity index (χ0v) is 18.1. The number of nitro benzene ring substituents is 1. The predicted octanol–water partition coefficient (Wildman–Crippen LogP) is 4.57. The molecule has 8 nitrogen and oxygen atoms in total. The monoisotopic (exact) mass is 450 g/mol. The zero-order valence-electron chi connectivity index (χ0n) is 17.2. The van der Waals surface area contributed by atoms with Gasteiger partial charge in [0.05, 0.1) is 10.8 Å². The Labute approximate surface area is 190 Å². The molecule has 1 atom stereocenters. The minimum atomic E-state index is -0.764. The van der Waals surface area contributed by atoms with Crippen molar-refractivity contribution in [3.05, 3.63) is 106 Å². The quantitative estimate of drug-likeness (QED) is 0.212. The summed E-state index contributed by atoms with van der Waals surface area (Å²) in [6.07, 6.45) is -0.764. The Balaban J connectivity index is 1.72. The highest BCUT2D eigenvalue weighted by molar-refractivity contribution is 7.78. The summed E-state index contributed by atoms with van der Waals surface area (Å²) >= 11 is 4.21. The molecule has 3 amide bonds. The van der Waals surface area contributed by atoms with E-state index in [-0.39, 0.29) is 17.3 Å². The van der Waals surface area contributed by atoms with E-state index >= 15 is 0 Å². The molecule has 0 aliphatic carbocycles. The molecule has 0 aliphatic heterocycles. The van der Waals surface area contributed by atoms with Gasteiger partial charge in [0.15, 0.2) is 0 Å². The van der Waals surface area contributed by atoms with Gasteiger partial charge < -0.3 is 10.6 Å². The van der Waals surface area contributed by atoms with Crippen LogP contribution in [0.1, 0.15) is 24.0 Å². The van der Waals surface area contributed by atoms with E-state index in [0.717, 1.165) is 15.4 Å². The Hall–Kier alpha value is -3.85. The number of nitro groups is 1. The number of rotatable bonds is 7. The molecule has 0 spiro atoms. The Morgan fingerprint density at radius 1 is 0.938 bits per heavy atom. The van der Waals surface area contributed by atoms with Gasteiger partial charge in [0.25, 0.3) is 5.69 Å². The van der Waals surface area contributed by atoms with Crippen molar-refractivity contribution < 1.29 is 14.5 Å². The molecule has 0 heterocycles. The van der Waals surface area contributed by atoms with Crippen molar-refractivity contribution in [2.45, 2.75) is 19.0 Å². The number of hydrogen-bond donors (Lipinski definition) is 3. The summed E-state index contributed by atoms with van der Waals surface area (Å²) in [5.41, 5.74) is 1.72. The van der Waals surface area contributed by atoms with Gasteiger partial charge in [-0.15, -0.1) is 0 Å². The first-order valence-electron chi connectivity index (χ1n) is 9.80. The summed E-state index contributed by atoms with van der Waals surface area (Å²) in [6, 6.07) is 23.6. The SMILES string of the molecule is CC(NC(=O)C(c1ccccc1)c1ccccc1)N(S)C(=O)Nc1cccc([N+](=O)[O-])c1. The van der Waals surface area contributed by atoms with Crippen molar-refractivity contribution in [3.63, 3.8) is 0 Å². The van der Waals surface area contributed by atoms with Crippen molar-refractivity contribution in [3.8, 4) is 0 Å². The van der Waals surface area contributed by atoms with Crippen molar-refractivity contribution in [2.24, 2.45) is 0 Å². The highest BCUT2D eigenvalue weighted by Gasteiger charge is 2.26. The number of amides is 3.